The molecule has 5 nitrogen and oxygen atoms in total. The van der Waals surface area contributed by atoms with E-state index in [1.165, 1.54) is 35.6 Å². The van der Waals surface area contributed by atoms with Crippen molar-refractivity contribution in [3.63, 3.8) is 0 Å². The van der Waals surface area contributed by atoms with Crippen molar-refractivity contribution in [3.05, 3.63) is 83.0 Å². The molecule has 1 saturated carbocycles. The minimum Gasteiger partial charge on any atom is -0.348 e. The maximum Gasteiger partial charge on any atom is 0.244 e. The van der Waals surface area contributed by atoms with E-state index in [9.17, 15) is 17.6 Å². The van der Waals surface area contributed by atoms with Crippen LogP contribution in [-0.2, 0) is 21.4 Å². The van der Waals surface area contributed by atoms with Gasteiger partial charge in [0.2, 0.25) is 15.9 Å². The minimum absolute atomic E-state index is 0.0573. The number of thiophene rings is 1. The normalized spacial score (nSPS) is 14.1. The van der Waals surface area contributed by atoms with Crippen LogP contribution >= 0.6 is 11.3 Å². The largest absolute Gasteiger partial charge is 0.348 e. The maximum absolute atomic E-state index is 13.9. The van der Waals surface area contributed by atoms with Gasteiger partial charge in [0.1, 0.15) is 5.82 Å². The van der Waals surface area contributed by atoms with Gasteiger partial charge in [-0.15, -0.1) is 11.3 Å². The third kappa shape index (κ3) is 5.66. The molecule has 0 aliphatic heterocycles. The predicted molar refractivity (Wildman–Crippen MR) is 120 cm³/mol. The monoisotopic (exact) mass is 456 g/mol. The number of amides is 1. The fourth-order valence-corrected chi connectivity index (χ4v) is 5.17. The van der Waals surface area contributed by atoms with E-state index in [0.717, 1.165) is 28.2 Å². The van der Waals surface area contributed by atoms with Crippen LogP contribution in [0.4, 0.5) is 4.39 Å². The SMILES string of the molecule is O=C(C=Cc1ccc(-c2ccccc2F)s1)NCc1ccc(S(=O)(=O)NC2CC2)cc1. The highest BCUT2D eigenvalue weighted by molar-refractivity contribution is 7.89. The summed E-state index contributed by atoms with van der Waals surface area (Å²) in [5.74, 6) is -0.548. The molecule has 3 aromatic rings. The maximum atomic E-state index is 13.9. The van der Waals surface area contributed by atoms with Crippen LogP contribution in [0.5, 0.6) is 0 Å². The van der Waals surface area contributed by atoms with Gasteiger partial charge in [0, 0.05) is 34.0 Å². The summed E-state index contributed by atoms with van der Waals surface area (Å²) in [6.07, 6.45) is 4.87. The minimum atomic E-state index is -3.48. The van der Waals surface area contributed by atoms with E-state index in [-0.39, 0.29) is 29.2 Å². The molecule has 0 bridgehead atoms. The van der Waals surface area contributed by atoms with Crippen LogP contribution in [0.15, 0.2) is 71.6 Å². The third-order valence-electron chi connectivity index (χ3n) is 4.76. The topological polar surface area (TPSA) is 75.3 Å². The zero-order valence-corrected chi connectivity index (χ0v) is 18.2. The first kappa shape index (κ1) is 21.4. The van der Waals surface area contributed by atoms with E-state index in [1.54, 1.807) is 36.4 Å². The highest BCUT2D eigenvalue weighted by Gasteiger charge is 2.27. The zero-order valence-electron chi connectivity index (χ0n) is 16.5. The molecule has 0 radical (unpaired) electrons. The average molecular weight is 457 g/mol. The van der Waals surface area contributed by atoms with Crippen molar-refractivity contribution in [2.24, 2.45) is 0 Å². The van der Waals surface area contributed by atoms with Gasteiger partial charge in [-0.05, 0) is 54.8 Å². The van der Waals surface area contributed by atoms with Gasteiger partial charge in [0.15, 0.2) is 0 Å². The Hall–Kier alpha value is -2.81. The fraction of sp³-hybridized carbons (Fsp3) is 0.174. The van der Waals surface area contributed by atoms with E-state index in [0.29, 0.717) is 5.56 Å². The van der Waals surface area contributed by atoms with Crippen LogP contribution in [0.1, 0.15) is 23.3 Å². The van der Waals surface area contributed by atoms with Crippen LogP contribution in [0, 0.1) is 5.82 Å². The highest BCUT2D eigenvalue weighted by Crippen LogP contribution is 2.30. The molecule has 2 aromatic carbocycles. The van der Waals surface area contributed by atoms with Crippen molar-refractivity contribution in [3.8, 4) is 10.4 Å². The Labute approximate surface area is 184 Å². The summed E-state index contributed by atoms with van der Waals surface area (Å²) < 4.78 is 40.9. The summed E-state index contributed by atoms with van der Waals surface area (Å²) in [7, 11) is -3.48. The summed E-state index contributed by atoms with van der Waals surface area (Å²) in [6.45, 7) is 0.282. The Morgan fingerprint density at radius 2 is 1.81 bits per heavy atom. The Morgan fingerprint density at radius 1 is 1.06 bits per heavy atom. The Bertz CT molecular complexity index is 1210. The summed E-state index contributed by atoms with van der Waals surface area (Å²) >= 11 is 1.40. The van der Waals surface area contributed by atoms with Gasteiger partial charge in [-0.2, -0.15) is 0 Å². The molecule has 1 aliphatic rings. The Balaban J connectivity index is 1.31. The lowest BCUT2D eigenvalue weighted by Gasteiger charge is -2.07. The van der Waals surface area contributed by atoms with Gasteiger partial charge in [-0.3, -0.25) is 4.79 Å². The van der Waals surface area contributed by atoms with Gasteiger partial charge in [0.05, 0.1) is 4.90 Å². The number of carbonyl (C=O) groups excluding carboxylic acids is 1. The highest BCUT2D eigenvalue weighted by atomic mass is 32.2. The fourth-order valence-electron chi connectivity index (χ4n) is 2.93. The molecule has 1 fully saturated rings. The number of sulfonamides is 1. The zero-order chi connectivity index (χ0) is 21.8. The molecule has 0 saturated heterocycles. The predicted octanol–water partition coefficient (Wildman–Crippen LogP) is 4.32. The van der Waals surface area contributed by atoms with E-state index >= 15 is 0 Å². The van der Waals surface area contributed by atoms with Crippen molar-refractivity contribution in [1.82, 2.24) is 10.0 Å². The van der Waals surface area contributed by atoms with Gasteiger partial charge < -0.3 is 5.32 Å². The summed E-state index contributed by atoms with van der Waals surface area (Å²) in [6, 6.07) is 16.7. The standard InChI is InChI=1S/C23H21FN2O3S2/c24-21-4-2-1-3-20(21)22-13-9-18(30-22)10-14-23(27)25-15-16-5-11-19(12-6-16)31(28,29)26-17-7-8-17/h1-6,9-14,17,26H,7-8,15H2,(H,25,27). The number of hydrogen-bond donors (Lipinski definition) is 2. The van der Waals surface area contributed by atoms with E-state index < -0.39 is 10.0 Å². The first-order valence-corrected chi connectivity index (χ1v) is 12.1. The molecule has 1 heterocycles. The van der Waals surface area contributed by atoms with Crippen molar-refractivity contribution >= 4 is 33.3 Å². The number of benzene rings is 2. The van der Waals surface area contributed by atoms with Gasteiger partial charge in [-0.25, -0.2) is 17.5 Å². The molecule has 0 atom stereocenters. The lowest BCUT2D eigenvalue weighted by molar-refractivity contribution is -0.116. The second-order valence-corrected chi connectivity index (χ2v) is 10.1. The number of carbonyl (C=O) groups is 1. The Morgan fingerprint density at radius 3 is 2.52 bits per heavy atom. The molecule has 0 unspecified atom stereocenters. The van der Waals surface area contributed by atoms with Crippen molar-refractivity contribution < 1.29 is 17.6 Å². The molecule has 31 heavy (non-hydrogen) atoms. The molecule has 1 aromatic heterocycles. The molecular formula is C23H21FN2O3S2. The molecule has 2 N–H and O–H groups in total. The molecule has 1 amide bonds. The van der Waals surface area contributed by atoms with E-state index in [4.69, 9.17) is 0 Å². The third-order valence-corrected chi connectivity index (χ3v) is 7.38. The van der Waals surface area contributed by atoms with Crippen LogP contribution in [-0.4, -0.2) is 20.4 Å². The van der Waals surface area contributed by atoms with Crippen LogP contribution in [0.3, 0.4) is 0 Å². The summed E-state index contributed by atoms with van der Waals surface area (Å²) in [5.41, 5.74) is 1.33. The van der Waals surface area contributed by atoms with Gasteiger partial charge in [-0.1, -0.05) is 30.3 Å². The lowest BCUT2D eigenvalue weighted by Crippen LogP contribution is -2.25. The Kier molecular flexibility index (Phi) is 6.31. The second kappa shape index (κ2) is 9.13. The number of nitrogens with one attached hydrogen (secondary N) is 2. The molecule has 160 valence electrons. The number of rotatable bonds is 8. The first-order valence-electron chi connectivity index (χ1n) is 9.83. The lowest BCUT2D eigenvalue weighted by atomic mass is 10.2. The summed E-state index contributed by atoms with van der Waals surface area (Å²) in [5, 5.41) is 2.77. The van der Waals surface area contributed by atoms with E-state index in [2.05, 4.69) is 10.0 Å². The van der Waals surface area contributed by atoms with Crippen LogP contribution in [0.25, 0.3) is 16.5 Å². The van der Waals surface area contributed by atoms with Crippen LogP contribution in [0.2, 0.25) is 0 Å². The molecule has 1 aliphatic carbocycles. The van der Waals surface area contributed by atoms with Gasteiger partial charge in [0.25, 0.3) is 0 Å². The van der Waals surface area contributed by atoms with Crippen molar-refractivity contribution in [2.75, 3.05) is 0 Å². The smallest absolute Gasteiger partial charge is 0.244 e. The molecule has 4 rings (SSSR count). The molecule has 0 spiro atoms. The first-order chi connectivity index (χ1) is 14.9. The van der Waals surface area contributed by atoms with E-state index in [1.807, 2.05) is 12.1 Å². The molecule has 8 heteroatoms. The van der Waals surface area contributed by atoms with Crippen molar-refractivity contribution in [1.29, 1.82) is 0 Å². The average Bonchev–Trinajstić information content (AvgIpc) is 3.43. The van der Waals surface area contributed by atoms with Crippen molar-refractivity contribution in [2.45, 2.75) is 30.3 Å². The second-order valence-electron chi connectivity index (χ2n) is 7.27. The number of hydrogen-bond acceptors (Lipinski definition) is 4. The molecular weight excluding hydrogens is 435 g/mol. The summed E-state index contributed by atoms with van der Waals surface area (Å²) in [4.78, 5) is 14.0. The van der Waals surface area contributed by atoms with Gasteiger partial charge >= 0.3 is 0 Å². The quantitative estimate of drug-likeness (QED) is 0.496. The van der Waals surface area contributed by atoms with Crippen LogP contribution < -0.4 is 10.0 Å². The number of halogens is 1.